The highest BCUT2D eigenvalue weighted by molar-refractivity contribution is 5.93. The fraction of sp³-hybridized carbons (Fsp3) is 0.350. The van der Waals surface area contributed by atoms with Crippen molar-refractivity contribution >= 4 is 17.3 Å². The Kier molecular flexibility index (Phi) is 5.36. The number of hydrogen-bond acceptors (Lipinski definition) is 3. The first kappa shape index (κ1) is 16.4. The van der Waals surface area contributed by atoms with Gasteiger partial charge in [-0.25, -0.2) is 0 Å². The topological polar surface area (TPSA) is 50.4 Å². The molecule has 0 heterocycles. The molecule has 0 bridgehead atoms. The Bertz CT molecular complexity index is 661. The SMILES string of the molecule is COc1ccc(CCNc2ccc(NC(=O)C3CCC3)cc2)cc1. The van der Waals surface area contributed by atoms with E-state index in [1.807, 2.05) is 36.4 Å². The molecule has 3 rings (SSSR count). The number of benzene rings is 2. The van der Waals surface area contributed by atoms with Gasteiger partial charge in [-0.3, -0.25) is 4.79 Å². The third kappa shape index (κ3) is 4.28. The predicted octanol–water partition coefficient (Wildman–Crippen LogP) is 4.09. The maximum atomic E-state index is 11.9. The van der Waals surface area contributed by atoms with Gasteiger partial charge in [0.15, 0.2) is 0 Å². The first-order valence-corrected chi connectivity index (χ1v) is 8.52. The second-order valence-electron chi connectivity index (χ2n) is 6.22. The van der Waals surface area contributed by atoms with Crippen molar-refractivity contribution in [3.05, 3.63) is 54.1 Å². The molecule has 126 valence electrons. The van der Waals surface area contributed by atoms with E-state index in [-0.39, 0.29) is 11.8 Å². The third-order valence-electron chi connectivity index (χ3n) is 4.53. The lowest BCUT2D eigenvalue weighted by Gasteiger charge is -2.24. The molecule has 0 radical (unpaired) electrons. The van der Waals surface area contributed by atoms with Crippen LogP contribution in [0, 0.1) is 5.92 Å². The van der Waals surface area contributed by atoms with Crippen molar-refractivity contribution in [2.24, 2.45) is 5.92 Å². The molecule has 1 saturated carbocycles. The molecular formula is C20H24N2O2. The largest absolute Gasteiger partial charge is 0.497 e. The Morgan fingerprint density at radius 3 is 2.29 bits per heavy atom. The van der Waals surface area contributed by atoms with E-state index in [0.717, 1.165) is 42.9 Å². The summed E-state index contributed by atoms with van der Waals surface area (Å²) in [4.78, 5) is 11.9. The normalized spacial score (nSPS) is 13.9. The summed E-state index contributed by atoms with van der Waals surface area (Å²) in [5.74, 6) is 1.25. The lowest BCUT2D eigenvalue weighted by molar-refractivity contribution is -0.122. The second-order valence-corrected chi connectivity index (χ2v) is 6.22. The number of methoxy groups -OCH3 is 1. The van der Waals surface area contributed by atoms with Gasteiger partial charge in [0.05, 0.1) is 7.11 Å². The molecule has 2 N–H and O–H groups in total. The Labute approximate surface area is 143 Å². The summed E-state index contributed by atoms with van der Waals surface area (Å²) in [5, 5.41) is 6.39. The van der Waals surface area contributed by atoms with E-state index in [1.165, 1.54) is 12.0 Å². The maximum absolute atomic E-state index is 11.9. The van der Waals surface area contributed by atoms with Crippen molar-refractivity contribution < 1.29 is 9.53 Å². The summed E-state index contributed by atoms with van der Waals surface area (Å²) in [6.07, 6.45) is 4.17. The highest BCUT2D eigenvalue weighted by atomic mass is 16.5. The van der Waals surface area contributed by atoms with Crippen molar-refractivity contribution in [2.75, 3.05) is 24.3 Å². The Balaban J connectivity index is 1.44. The van der Waals surface area contributed by atoms with Gasteiger partial charge in [-0.1, -0.05) is 18.6 Å². The van der Waals surface area contributed by atoms with E-state index in [2.05, 4.69) is 22.8 Å². The number of amides is 1. The first-order valence-electron chi connectivity index (χ1n) is 8.52. The molecule has 0 atom stereocenters. The zero-order chi connectivity index (χ0) is 16.8. The molecule has 0 unspecified atom stereocenters. The van der Waals surface area contributed by atoms with Crippen LogP contribution in [0.3, 0.4) is 0 Å². The zero-order valence-corrected chi connectivity index (χ0v) is 14.0. The zero-order valence-electron chi connectivity index (χ0n) is 14.0. The van der Waals surface area contributed by atoms with Crippen LogP contribution in [0.5, 0.6) is 5.75 Å². The molecule has 2 aromatic rings. The lowest BCUT2D eigenvalue weighted by Crippen LogP contribution is -2.27. The first-order chi connectivity index (χ1) is 11.7. The van der Waals surface area contributed by atoms with E-state index < -0.39 is 0 Å². The van der Waals surface area contributed by atoms with Gasteiger partial charge in [0.1, 0.15) is 5.75 Å². The molecule has 1 amide bonds. The quantitative estimate of drug-likeness (QED) is 0.806. The van der Waals surface area contributed by atoms with Crippen LogP contribution in [0.15, 0.2) is 48.5 Å². The van der Waals surface area contributed by atoms with E-state index in [0.29, 0.717) is 0 Å². The maximum Gasteiger partial charge on any atom is 0.227 e. The molecule has 1 fully saturated rings. The van der Waals surface area contributed by atoms with Crippen LogP contribution in [0.4, 0.5) is 11.4 Å². The van der Waals surface area contributed by atoms with Crippen LogP contribution in [0.2, 0.25) is 0 Å². The van der Waals surface area contributed by atoms with Gasteiger partial charge in [-0.2, -0.15) is 0 Å². The summed E-state index contributed by atoms with van der Waals surface area (Å²) < 4.78 is 5.16. The van der Waals surface area contributed by atoms with Gasteiger partial charge in [-0.05, 0) is 61.2 Å². The van der Waals surface area contributed by atoms with Crippen molar-refractivity contribution in [1.29, 1.82) is 0 Å². The highest BCUT2D eigenvalue weighted by Crippen LogP contribution is 2.27. The molecule has 0 spiro atoms. The number of hydrogen-bond donors (Lipinski definition) is 2. The van der Waals surface area contributed by atoms with E-state index >= 15 is 0 Å². The third-order valence-corrected chi connectivity index (χ3v) is 4.53. The Morgan fingerprint density at radius 2 is 1.71 bits per heavy atom. The van der Waals surface area contributed by atoms with Gasteiger partial charge in [0.2, 0.25) is 5.91 Å². The molecule has 0 aliphatic heterocycles. The standard InChI is InChI=1S/C20H24N2O2/c1-24-19-11-5-15(6-12-19)13-14-21-17-7-9-18(10-8-17)22-20(23)16-3-2-4-16/h5-12,16,21H,2-4,13-14H2,1H3,(H,22,23). The number of ether oxygens (including phenoxy) is 1. The molecule has 2 aromatic carbocycles. The van der Waals surface area contributed by atoms with Gasteiger partial charge in [-0.15, -0.1) is 0 Å². The van der Waals surface area contributed by atoms with Crippen LogP contribution in [-0.2, 0) is 11.2 Å². The fourth-order valence-electron chi connectivity index (χ4n) is 2.73. The molecule has 0 saturated heterocycles. The summed E-state index contributed by atoms with van der Waals surface area (Å²) >= 11 is 0. The van der Waals surface area contributed by atoms with Crippen molar-refractivity contribution in [1.82, 2.24) is 0 Å². The van der Waals surface area contributed by atoms with E-state index in [4.69, 9.17) is 4.74 Å². The molecule has 4 nitrogen and oxygen atoms in total. The Hall–Kier alpha value is -2.49. The number of anilines is 2. The molecule has 0 aromatic heterocycles. The summed E-state index contributed by atoms with van der Waals surface area (Å²) in [6.45, 7) is 0.861. The molecule has 1 aliphatic carbocycles. The fourth-order valence-corrected chi connectivity index (χ4v) is 2.73. The summed E-state index contributed by atoms with van der Waals surface area (Å²) in [6, 6.07) is 16.0. The molecular weight excluding hydrogens is 300 g/mol. The molecule has 1 aliphatic rings. The predicted molar refractivity (Wildman–Crippen MR) is 97.6 cm³/mol. The number of nitrogens with one attached hydrogen (secondary N) is 2. The Morgan fingerprint density at radius 1 is 1.04 bits per heavy atom. The average Bonchev–Trinajstić information content (AvgIpc) is 2.55. The van der Waals surface area contributed by atoms with E-state index in [1.54, 1.807) is 7.11 Å². The van der Waals surface area contributed by atoms with Crippen LogP contribution in [-0.4, -0.2) is 19.6 Å². The van der Waals surface area contributed by atoms with Crippen molar-refractivity contribution in [3.63, 3.8) is 0 Å². The highest BCUT2D eigenvalue weighted by Gasteiger charge is 2.24. The minimum Gasteiger partial charge on any atom is -0.497 e. The van der Waals surface area contributed by atoms with E-state index in [9.17, 15) is 4.79 Å². The van der Waals surface area contributed by atoms with Crippen LogP contribution >= 0.6 is 0 Å². The monoisotopic (exact) mass is 324 g/mol. The number of carbonyl (C=O) groups is 1. The lowest BCUT2D eigenvalue weighted by atomic mass is 9.85. The minimum atomic E-state index is 0.154. The second kappa shape index (κ2) is 7.86. The van der Waals surface area contributed by atoms with Crippen LogP contribution in [0.1, 0.15) is 24.8 Å². The van der Waals surface area contributed by atoms with Crippen LogP contribution in [0.25, 0.3) is 0 Å². The van der Waals surface area contributed by atoms with Crippen LogP contribution < -0.4 is 15.4 Å². The number of carbonyl (C=O) groups excluding carboxylic acids is 1. The molecule has 24 heavy (non-hydrogen) atoms. The summed E-state index contributed by atoms with van der Waals surface area (Å²) in [5.41, 5.74) is 3.20. The van der Waals surface area contributed by atoms with Crippen molar-refractivity contribution in [2.45, 2.75) is 25.7 Å². The van der Waals surface area contributed by atoms with Gasteiger partial charge in [0, 0.05) is 23.8 Å². The summed E-state index contributed by atoms with van der Waals surface area (Å²) in [7, 11) is 1.68. The smallest absolute Gasteiger partial charge is 0.227 e. The molecule has 4 heteroatoms. The number of rotatable bonds is 7. The van der Waals surface area contributed by atoms with Crippen molar-refractivity contribution in [3.8, 4) is 5.75 Å². The minimum absolute atomic E-state index is 0.154. The average molecular weight is 324 g/mol. The van der Waals surface area contributed by atoms with Gasteiger partial charge >= 0.3 is 0 Å². The van der Waals surface area contributed by atoms with Gasteiger partial charge in [0.25, 0.3) is 0 Å². The van der Waals surface area contributed by atoms with Gasteiger partial charge < -0.3 is 15.4 Å².